The van der Waals surface area contributed by atoms with E-state index in [-0.39, 0.29) is 11.9 Å². The molecule has 1 aliphatic rings. The molecule has 1 heterocycles. The van der Waals surface area contributed by atoms with Crippen LogP contribution in [0.25, 0.3) is 0 Å². The Labute approximate surface area is 125 Å². The van der Waals surface area contributed by atoms with E-state index in [0.29, 0.717) is 6.54 Å². The maximum atomic E-state index is 12.5. The Bertz CT molecular complexity index is 527. The largest absolute Gasteiger partial charge is 0.480 e. The van der Waals surface area contributed by atoms with Gasteiger partial charge in [0.15, 0.2) is 0 Å². The molecule has 1 N–H and O–H groups in total. The molecule has 1 aromatic rings. The monoisotopic (exact) mass is 290 g/mol. The maximum absolute atomic E-state index is 12.5. The van der Waals surface area contributed by atoms with Gasteiger partial charge in [0.2, 0.25) is 0 Å². The average Bonchev–Trinajstić information content (AvgIpc) is 2.87. The molecular weight excluding hydrogens is 268 g/mol. The summed E-state index contributed by atoms with van der Waals surface area (Å²) in [4.78, 5) is 26.9. The highest BCUT2D eigenvalue weighted by molar-refractivity contribution is 5.94. The molecule has 1 fully saturated rings. The number of amides is 2. The highest BCUT2D eigenvalue weighted by atomic mass is 16.4. The van der Waals surface area contributed by atoms with Gasteiger partial charge < -0.3 is 10.0 Å². The first-order chi connectivity index (χ1) is 9.95. The van der Waals surface area contributed by atoms with Gasteiger partial charge in [-0.15, -0.1) is 0 Å². The van der Waals surface area contributed by atoms with Crippen LogP contribution in [0.5, 0.6) is 0 Å². The minimum absolute atomic E-state index is 0.0117. The van der Waals surface area contributed by atoms with Crippen LogP contribution in [0.15, 0.2) is 24.3 Å². The third kappa shape index (κ3) is 3.01. The SMILES string of the molecule is CCc1ccc(N(C)C(=O)N2CCC(C)C2C(=O)O)cc1. The Balaban J connectivity index is 2.16. The Morgan fingerprint density at radius 2 is 1.95 bits per heavy atom. The number of hydrogen-bond acceptors (Lipinski definition) is 2. The summed E-state index contributed by atoms with van der Waals surface area (Å²) < 4.78 is 0. The second kappa shape index (κ2) is 6.16. The van der Waals surface area contributed by atoms with Gasteiger partial charge in [-0.3, -0.25) is 4.90 Å². The first-order valence-corrected chi connectivity index (χ1v) is 7.31. The molecule has 0 aromatic heterocycles. The number of carbonyl (C=O) groups is 2. The zero-order valence-electron chi connectivity index (χ0n) is 12.7. The van der Waals surface area contributed by atoms with Crippen LogP contribution in [0.4, 0.5) is 10.5 Å². The Kier molecular flexibility index (Phi) is 4.50. The summed E-state index contributed by atoms with van der Waals surface area (Å²) >= 11 is 0. The van der Waals surface area contributed by atoms with Crippen molar-refractivity contribution in [3.8, 4) is 0 Å². The third-order valence-electron chi connectivity index (χ3n) is 4.22. The van der Waals surface area contributed by atoms with Gasteiger partial charge in [-0.25, -0.2) is 9.59 Å². The number of likely N-dealkylation sites (tertiary alicyclic amines) is 1. The fourth-order valence-corrected chi connectivity index (χ4v) is 2.80. The van der Waals surface area contributed by atoms with E-state index in [0.717, 1.165) is 18.5 Å². The first kappa shape index (κ1) is 15.4. The van der Waals surface area contributed by atoms with E-state index >= 15 is 0 Å². The molecule has 1 aliphatic heterocycles. The minimum atomic E-state index is -0.928. The molecule has 1 saturated heterocycles. The second-order valence-electron chi connectivity index (χ2n) is 5.60. The van der Waals surface area contributed by atoms with E-state index in [1.807, 2.05) is 31.2 Å². The smallest absolute Gasteiger partial charge is 0.326 e. The predicted octanol–water partition coefficient (Wildman–Crippen LogP) is 2.60. The Morgan fingerprint density at radius 3 is 2.48 bits per heavy atom. The molecular formula is C16H22N2O3. The normalized spacial score (nSPS) is 21.4. The van der Waals surface area contributed by atoms with E-state index in [4.69, 9.17) is 0 Å². The predicted molar refractivity (Wildman–Crippen MR) is 81.5 cm³/mol. The zero-order chi connectivity index (χ0) is 15.6. The Hall–Kier alpha value is -2.04. The topological polar surface area (TPSA) is 60.9 Å². The van der Waals surface area contributed by atoms with Crippen molar-refractivity contribution in [3.05, 3.63) is 29.8 Å². The quantitative estimate of drug-likeness (QED) is 0.930. The van der Waals surface area contributed by atoms with Crippen LogP contribution in [-0.2, 0) is 11.2 Å². The number of carboxylic acids is 1. The number of hydrogen-bond donors (Lipinski definition) is 1. The number of aliphatic carboxylic acids is 1. The number of rotatable bonds is 3. The first-order valence-electron chi connectivity index (χ1n) is 7.31. The van der Waals surface area contributed by atoms with Crippen LogP contribution < -0.4 is 4.90 Å². The lowest BCUT2D eigenvalue weighted by molar-refractivity contribution is -0.142. The zero-order valence-corrected chi connectivity index (χ0v) is 12.7. The van der Waals surface area contributed by atoms with Crippen LogP contribution in [-0.4, -0.2) is 41.6 Å². The van der Waals surface area contributed by atoms with Gasteiger partial charge in [-0.1, -0.05) is 26.0 Å². The van der Waals surface area contributed by atoms with Gasteiger partial charge in [-0.2, -0.15) is 0 Å². The van der Waals surface area contributed by atoms with Crippen molar-refractivity contribution in [1.29, 1.82) is 0 Å². The molecule has 2 atom stereocenters. The van der Waals surface area contributed by atoms with E-state index < -0.39 is 12.0 Å². The van der Waals surface area contributed by atoms with Crippen molar-refractivity contribution >= 4 is 17.7 Å². The second-order valence-corrected chi connectivity index (χ2v) is 5.60. The van der Waals surface area contributed by atoms with Crippen molar-refractivity contribution in [3.63, 3.8) is 0 Å². The summed E-state index contributed by atoms with van der Waals surface area (Å²) in [5, 5.41) is 9.31. The molecule has 0 radical (unpaired) electrons. The van der Waals surface area contributed by atoms with E-state index in [2.05, 4.69) is 6.92 Å². The number of nitrogens with zero attached hydrogens (tertiary/aromatic N) is 2. The van der Waals surface area contributed by atoms with Gasteiger partial charge in [0.25, 0.3) is 0 Å². The van der Waals surface area contributed by atoms with Gasteiger partial charge in [0.05, 0.1) is 0 Å². The van der Waals surface area contributed by atoms with E-state index in [9.17, 15) is 14.7 Å². The van der Waals surface area contributed by atoms with Gasteiger partial charge in [0, 0.05) is 19.3 Å². The van der Waals surface area contributed by atoms with Crippen LogP contribution in [0, 0.1) is 5.92 Å². The standard InChI is InChI=1S/C16H22N2O3/c1-4-12-5-7-13(8-6-12)17(3)16(21)18-10-9-11(2)14(18)15(19)20/h5-8,11,14H,4,9-10H2,1-3H3,(H,19,20). The lowest BCUT2D eigenvalue weighted by Gasteiger charge is -2.28. The van der Waals surface area contributed by atoms with Gasteiger partial charge in [-0.05, 0) is 36.5 Å². The highest BCUT2D eigenvalue weighted by Crippen LogP contribution is 2.26. The third-order valence-corrected chi connectivity index (χ3v) is 4.22. The molecule has 2 amide bonds. The number of benzene rings is 1. The van der Waals surface area contributed by atoms with Crippen LogP contribution in [0.2, 0.25) is 0 Å². The molecule has 2 unspecified atom stereocenters. The summed E-state index contributed by atoms with van der Waals surface area (Å²) in [5.74, 6) is -0.939. The molecule has 114 valence electrons. The summed E-state index contributed by atoms with van der Waals surface area (Å²) in [6.45, 7) is 4.45. The molecule has 0 spiro atoms. The van der Waals surface area contributed by atoms with Crippen molar-refractivity contribution in [1.82, 2.24) is 4.90 Å². The van der Waals surface area contributed by atoms with Crippen LogP contribution in [0.3, 0.4) is 0 Å². The molecule has 0 saturated carbocycles. The minimum Gasteiger partial charge on any atom is -0.480 e. The fourth-order valence-electron chi connectivity index (χ4n) is 2.80. The maximum Gasteiger partial charge on any atom is 0.326 e. The molecule has 5 heteroatoms. The summed E-state index contributed by atoms with van der Waals surface area (Å²) in [7, 11) is 1.69. The molecule has 0 bridgehead atoms. The summed E-state index contributed by atoms with van der Waals surface area (Å²) in [5.41, 5.74) is 1.98. The lowest BCUT2D eigenvalue weighted by atomic mass is 10.0. The molecule has 2 rings (SSSR count). The summed E-state index contributed by atoms with van der Waals surface area (Å²) in [6.07, 6.45) is 1.67. The highest BCUT2D eigenvalue weighted by Gasteiger charge is 2.40. The number of anilines is 1. The van der Waals surface area contributed by atoms with Gasteiger partial charge in [0.1, 0.15) is 6.04 Å². The molecule has 21 heavy (non-hydrogen) atoms. The van der Waals surface area contributed by atoms with Crippen LogP contribution >= 0.6 is 0 Å². The number of aryl methyl sites for hydroxylation is 1. The molecule has 1 aromatic carbocycles. The van der Waals surface area contributed by atoms with Crippen LogP contribution in [0.1, 0.15) is 25.8 Å². The van der Waals surface area contributed by atoms with Crippen molar-refractivity contribution in [2.24, 2.45) is 5.92 Å². The van der Waals surface area contributed by atoms with Crippen molar-refractivity contribution in [2.45, 2.75) is 32.7 Å². The fraction of sp³-hybridized carbons (Fsp3) is 0.500. The average molecular weight is 290 g/mol. The number of carbonyl (C=O) groups excluding carboxylic acids is 1. The van der Waals surface area contributed by atoms with Gasteiger partial charge >= 0.3 is 12.0 Å². The lowest BCUT2D eigenvalue weighted by Crippen LogP contribution is -2.48. The summed E-state index contributed by atoms with van der Waals surface area (Å²) in [6, 6.07) is 6.78. The van der Waals surface area contributed by atoms with Crippen molar-refractivity contribution < 1.29 is 14.7 Å². The number of urea groups is 1. The van der Waals surface area contributed by atoms with Crippen molar-refractivity contribution in [2.75, 3.05) is 18.5 Å². The Morgan fingerprint density at radius 1 is 1.33 bits per heavy atom. The molecule has 0 aliphatic carbocycles. The molecule has 5 nitrogen and oxygen atoms in total. The van der Waals surface area contributed by atoms with E-state index in [1.165, 1.54) is 15.4 Å². The number of carboxylic acid groups (broad SMARTS) is 1. The van der Waals surface area contributed by atoms with E-state index in [1.54, 1.807) is 7.05 Å².